The van der Waals surface area contributed by atoms with Crippen LogP contribution < -0.4 is 5.32 Å². The zero-order valence-electron chi connectivity index (χ0n) is 15.3. The van der Waals surface area contributed by atoms with Gasteiger partial charge in [0.2, 0.25) is 5.91 Å². The number of esters is 1. The number of thioether (sulfide) groups is 1. The second-order valence-corrected chi connectivity index (χ2v) is 7.07. The third-order valence-electron chi connectivity index (χ3n) is 3.59. The lowest BCUT2D eigenvalue weighted by atomic mass is 10.1. The number of hydrogen-bond donors (Lipinski definition) is 1. The second-order valence-electron chi connectivity index (χ2n) is 5.89. The van der Waals surface area contributed by atoms with Crippen molar-refractivity contribution in [2.45, 2.75) is 10.1 Å². The van der Waals surface area contributed by atoms with Crippen LogP contribution in [0.3, 0.4) is 0 Å². The van der Waals surface area contributed by atoms with Crippen LogP contribution in [-0.4, -0.2) is 49.9 Å². The molecule has 1 N–H and O–H groups in total. The number of carbonyl (C=O) groups excluding carboxylic acids is 3. The van der Waals surface area contributed by atoms with Crippen LogP contribution in [0.25, 0.3) is 0 Å². The van der Waals surface area contributed by atoms with E-state index in [-0.39, 0.29) is 12.5 Å². The fourth-order valence-electron chi connectivity index (χ4n) is 2.11. The molecular weight excluding hydrogens is 364 g/mol. The van der Waals surface area contributed by atoms with Crippen molar-refractivity contribution in [3.8, 4) is 0 Å². The molecule has 0 fully saturated rings. The largest absolute Gasteiger partial charge is 0.454 e. The highest BCUT2D eigenvalue weighted by molar-refractivity contribution is 8.00. The highest BCUT2D eigenvalue weighted by Gasteiger charge is 2.24. The van der Waals surface area contributed by atoms with Crippen LogP contribution in [-0.2, 0) is 19.1 Å². The van der Waals surface area contributed by atoms with Crippen LogP contribution >= 0.6 is 11.8 Å². The van der Waals surface area contributed by atoms with Crippen LogP contribution in [0.5, 0.6) is 0 Å². The lowest BCUT2D eigenvalue weighted by Gasteiger charge is -2.16. The van der Waals surface area contributed by atoms with Gasteiger partial charge in [-0.05, 0) is 17.7 Å². The monoisotopic (exact) mass is 386 g/mol. The van der Waals surface area contributed by atoms with E-state index in [1.165, 1.54) is 16.7 Å². The van der Waals surface area contributed by atoms with Gasteiger partial charge in [-0.15, -0.1) is 11.8 Å². The Bertz CT molecular complexity index is 766. The van der Waals surface area contributed by atoms with E-state index in [0.717, 1.165) is 10.5 Å². The molecular formula is C20H22N2O4S. The Morgan fingerprint density at radius 3 is 2.19 bits per heavy atom. The topological polar surface area (TPSA) is 75.7 Å². The van der Waals surface area contributed by atoms with Crippen LogP contribution in [0.1, 0.15) is 10.8 Å². The molecule has 2 aromatic rings. The molecule has 2 amide bonds. The number of benzene rings is 2. The minimum atomic E-state index is -0.593. The molecule has 0 bridgehead atoms. The number of ether oxygens (including phenoxy) is 1. The summed E-state index contributed by atoms with van der Waals surface area (Å²) in [5.41, 5.74) is 0.791. The van der Waals surface area contributed by atoms with Crippen molar-refractivity contribution in [2.24, 2.45) is 0 Å². The molecule has 0 aliphatic heterocycles. The van der Waals surface area contributed by atoms with E-state index in [9.17, 15) is 14.4 Å². The molecule has 142 valence electrons. The first-order valence-electron chi connectivity index (χ1n) is 8.37. The Kier molecular flexibility index (Phi) is 7.88. The van der Waals surface area contributed by atoms with Gasteiger partial charge in [0, 0.05) is 19.0 Å². The van der Waals surface area contributed by atoms with E-state index in [0.29, 0.717) is 0 Å². The average molecular weight is 386 g/mol. The van der Waals surface area contributed by atoms with E-state index in [2.05, 4.69) is 5.32 Å². The number of likely N-dealkylation sites (N-methyl/N-ethyl adjacent to an activating group) is 1. The van der Waals surface area contributed by atoms with Crippen molar-refractivity contribution in [3.63, 3.8) is 0 Å². The van der Waals surface area contributed by atoms with Crippen LogP contribution in [0, 0.1) is 0 Å². The summed E-state index contributed by atoms with van der Waals surface area (Å²) in [6.45, 7) is -0.567. The molecule has 2 aromatic carbocycles. The summed E-state index contributed by atoms with van der Waals surface area (Å²) in [5, 5.41) is 1.84. The predicted molar refractivity (Wildman–Crippen MR) is 104 cm³/mol. The molecule has 0 saturated carbocycles. The number of nitrogens with zero attached hydrogens (tertiary/aromatic N) is 1. The molecule has 0 aliphatic rings. The molecule has 27 heavy (non-hydrogen) atoms. The van der Waals surface area contributed by atoms with Gasteiger partial charge in [-0.3, -0.25) is 14.4 Å². The van der Waals surface area contributed by atoms with Gasteiger partial charge < -0.3 is 15.0 Å². The normalized spacial score (nSPS) is 11.3. The number of hydrogen-bond acceptors (Lipinski definition) is 5. The highest BCUT2D eigenvalue weighted by Crippen LogP contribution is 2.36. The molecule has 0 radical (unpaired) electrons. The van der Waals surface area contributed by atoms with Gasteiger partial charge in [0.05, 0.1) is 6.54 Å². The van der Waals surface area contributed by atoms with Crippen molar-refractivity contribution >= 4 is 29.5 Å². The molecule has 0 heterocycles. The highest BCUT2D eigenvalue weighted by atomic mass is 32.2. The standard InChI is InChI=1S/C20H22N2O4S/c1-22(2)18(24)13-21-17(23)14-26-20(25)19(15-9-5-3-6-10-15)27-16-11-7-4-8-12-16/h3-12,19H,13-14H2,1-2H3,(H,21,23)/t19-/m0/s1. The van der Waals surface area contributed by atoms with Gasteiger partial charge in [-0.25, -0.2) is 0 Å². The number of carbonyl (C=O) groups is 3. The third-order valence-corrected chi connectivity index (χ3v) is 4.84. The molecule has 0 unspecified atom stereocenters. The lowest BCUT2D eigenvalue weighted by Crippen LogP contribution is -2.38. The minimum absolute atomic E-state index is 0.135. The first-order chi connectivity index (χ1) is 13.0. The van der Waals surface area contributed by atoms with Gasteiger partial charge in [0.1, 0.15) is 5.25 Å². The summed E-state index contributed by atoms with van der Waals surface area (Å²) in [6.07, 6.45) is 0. The summed E-state index contributed by atoms with van der Waals surface area (Å²) in [4.78, 5) is 38.2. The maximum Gasteiger partial charge on any atom is 0.324 e. The number of amides is 2. The van der Waals surface area contributed by atoms with E-state index < -0.39 is 23.7 Å². The zero-order valence-corrected chi connectivity index (χ0v) is 16.1. The van der Waals surface area contributed by atoms with Gasteiger partial charge in [0.15, 0.2) is 6.61 Å². The summed E-state index contributed by atoms with van der Waals surface area (Å²) < 4.78 is 5.19. The van der Waals surface area contributed by atoms with E-state index in [4.69, 9.17) is 4.74 Å². The van der Waals surface area contributed by atoms with Crippen molar-refractivity contribution in [1.29, 1.82) is 0 Å². The van der Waals surface area contributed by atoms with Crippen molar-refractivity contribution in [1.82, 2.24) is 10.2 Å². The molecule has 0 aliphatic carbocycles. The van der Waals surface area contributed by atoms with Crippen LogP contribution in [0.4, 0.5) is 0 Å². The fourth-order valence-corrected chi connectivity index (χ4v) is 3.15. The summed E-state index contributed by atoms with van der Waals surface area (Å²) in [7, 11) is 3.19. The predicted octanol–water partition coefficient (Wildman–Crippen LogP) is 2.27. The first-order valence-corrected chi connectivity index (χ1v) is 9.25. The third kappa shape index (κ3) is 6.79. The second kappa shape index (κ2) is 10.4. The first kappa shape index (κ1) is 20.5. The summed E-state index contributed by atoms with van der Waals surface area (Å²) >= 11 is 1.36. The van der Waals surface area contributed by atoms with Crippen LogP contribution in [0.15, 0.2) is 65.6 Å². The maximum atomic E-state index is 12.6. The number of rotatable bonds is 8. The molecule has 2 rings (SSSR count). The molecule has 0 saturated heterocycles. The molecule has 0 aromatic heterocycles. The Labute approximate surface area is 162 Å². The Morgan fingerprint density at radius 2 is 1.59 bits per heavy atom. The van der Waals surface area contributed by atoms with E-state index in [1.807, 2.05) is 60.7 Å². The van der Waals surface area contributed by atoms with Gasteiger partial charge >= 0.3 is 5.97 Å². The summed E-state index contributed by atoms with van der Waals surface area (Å²) in [6, 6.07) is 18.8. The fraction of sp³-hybridized carbons (Fsp3) is 0.250. The SMILES string of the molecule is CN(C)C(=O)CNC(=O)COC(=O)[C@@H](Sc1ccccc1)c1ccccc1. The zero-order chi connectivity index (χ0) is 19.6. The van der Waals surface area contributed by atoms with Crippen molar-refractivity contribution < 1.29 is 19.1 Å². The van der Waals surface area contributed by atoms with E-state index >= 15 is 0 Å². The van der Waals surface area contributed by atoms with E-state index in [1.54, 1.807) is 14.1 Å². The Balaban J connectivity index is 1.97. The Hall–Kier alpha value is -2.80. The maximum absolute atomic E-state index is 12.6. The molecule has 6 nitrogen and oxygen atoms in total. The molecule has 7 heteroatoms. The minimum Gasteiger partial charge on any atom is -0.454 e. The van der Waals surface area contributed by atoms with Crippen molar-refractivity contribution in [2.75, 3.05) is 27.2 Å². The Morgan fingerprint density at radius 1 is 1.00 bits per heavy atom. The lowest BCUT2D eigenvalue weighted by molar-refractivity contribution is -0.148. The average Bonchev–Trinajstić information content (AvgIpc) is 2.69. The van der Waals surface area contributed by atoms with Crippen LogP contribution in [0.2, 0.25) is 0 Å². The van der Waals surface area contributed by atoms with Gasteiger partial charge in [-0.2, -0.15) is 0 Å². The van der Waals surface area contributed by atoms with Gasteiger partial charge in [-0.1, -0.05) is 48.5 Å². The number of nitrogens with one attached hydrogen (secondary N) is 1. The smallest absolute Gasteiger partial charge is 0.324 e. The van der Waals surface area contributed by atoms with Gasteiger partial charge in [0.25, 0.3) is 5.91 Å². The summed E-state index contributed by atoms with van der Waals surface area (Å²) in [5.74, 6) is -1.27. The molecule has 1 atom stereocenters. The quantitative estimate of drug-likeness (QED) is 0.556. The molecule has 0 spiro atoms. The van der Waals surface area contributed by atoms with Crippen molar-refractivity contribution in [3.05, 3.63) is 66.2 Å².